The number of hydrogen-bond donors (Lipinski definition) is 2. The second-order valence-electron chi connectivity index (χ2n) is 6.52. The quantitative estimate of drug-likeness (QED) is 0.478. The standard InChI is InChI=1S/C24H17ClN2O2S/c25-18-11-13-19(14-12-18)27-21(15-20(28)16-7-3-1-4-8-16)30-23(24(27)26)22(29)17-9-5-2-6-10-17/h1-15,26,29H/b21-15+,23-22+,26-24?. The molecule has 0 aliphatic heterocycles. The Morgan fingerprint density at radius 2 is 1.47 bits per heavy atom. The molecule has 0 saturated heterocycles. The first-order valence-electron chi connectivity index (χ1n) is 9.17. The number of thiazole rings is 1. The molecule has 148 valence electrons. The molecule has 4 nitrogen and oxygen atoms in total. The number of carbonyl (C=O) groups is 1. The number of Topliss-reactive ketones (excluding diaryl/α,β-unsaturated/α-hetero) is 1. The summed E-state index contributed by atoms with van der Waals surface area (Å²) in [6.45, 7) is 0. The third-order valence-electron chi connectivity index (χ3n) is 4.53. The van der Waals surface area contributed by atoms with Gasteiger partial charge in [0.2, 0.25) is 0 Å². The molecule has 0 aliphatic rings. The van der Waals surface area contributed by atoms with Gasteiger partial charge in [0, 0.05) is 27.9 Å². The van der Waals surface area contributed by atoms with Crippen LogP contribution in [0.3, 0.4) is 0 Å². The highest BCUT2D eigenvalue weighted by Gasteiger charge is 2.11. The Kier molecular flexibility index (Phi) is 5.65. The average molecular weight is 433 g/mol. The zero-order valence-electron chi connectivity index (χ0n) is 15.7. The van der Waals surface area contributed by atoms with Crippen LogP contribution in [0.2, 0.25) is 5.02 Å². The van der Waals surface area contributed by atoms with Gasteiger partial charge in [-0.1, -0.05) is 72.3 Å². The normalized spacial score (nSPS) is 12.6. The van der Waals surface area contributed by atoms with Gasteiger partial charge in [-0.3, -0.25) is 14.8 Å². The Morgan fingerprint density at radius 3 is 2.07 bits per heavy atom. The summed E-state index contributed by atoms with van der Waals surface area (Å²) in [5.74, 6) is -0.176. The number of aliphatic hydroxyl groups excluding tert-OH is 1. The van der Waals surface area contributed by atoms with Crippen molar-refractivity contribution < 1.29 is 9.90 Å². The van der Waals surface area contributed by atoms with Crippen LogP contribution >= 0.6 is 22.9 Å². The number of aliphatic hydroxyl groups is 1. The van der Waals surface area contributed by atoms with Gasteiger partial charge >= 0.3 is 0 Å². The molecule has 2 N–H and O–H groups in total. The van der Waals surface area contributed by atoms with Crippen LogP contribution in [-0.4, -0.2) is 15.5 Å². The van der Waals surface area contributed by atoms with E-state index in [0.29, 0.717) is 31.0 Å². The van der Waals surface area contributed by atoms with Crippen LogP contribution in [0, 0.1) is 5.41 Å². The molecule has 1 aromatic heterocycles. The van der Waals surface area contributed by atoms with Gasteiger partial charge < -0.3 is 5.11 Å². The van der Waals surface area contributed by atoms with Crippen LogP contribution in [0.1, 0.15) is 15.9 Å². The maximum Gasteiger partial charge on any atom is 0.188 e. The molecule has 6 heteroatoms. The number of aromatic nitrogens is 1. The second kappa shape index (κ2) is 8.53. The molecule has 0 radical (unpaired) electrons. The Bertz CT molecular complexity index is 1370. The maximum atomic E-state index is 12.8. The van der Waals surface area contributed by atoms with Gasteiger partial charge in [-0.25, -0.2) is 0 Å². The third kappa shape index (κ3) is 3.99. The molecule has 30 heavy (non-hydrogen) atoms. The zero-order valence-corrected chi connectivity index (χ0v) is 17.3. The van der Waals surface area contributed by atoms with Crippen molar-refractivity contribution in [1.29, 1.82) is 5.41 Å². The number of nitrogens with one attached hydrogen (secondary N) is 1. The summed E-state index contributed by atoms with van der Waals surface area (Å²) in [5, 5.41) is 20.1. The van der Waals surface area contributed by atoms with Crippen LogP contribution in [0.5, 0.6) is 0 Å². The van der Waals surface area contributed by atoms with Gasteiger partial charge in [0.15, 0.2) is 11.3 Å². The van der Waals surface area contributed by atoms with Gasteiger partial charge in [0.05, 0.1) is 0 Å². The molecule has 4 rings (SSSR count). The van der Waals surface area contributed by atoms with Crippen LogP contribution < -0.4 is 14.7 Å². The minimum absolute atomic E-state index is 0.000114. The van der Waals surface area contributed by atoms with Crippen molar-refractivity contribution in [3.63, 3.8) is 0 Å². The largest absolute Gasteiger partial charge is 0.506 e. The molecule has 0 amide bonds. The van der Waals surface area contributed by atoms with E-state index in [1.165, 1.54) is 17.4 Å². The third-order valence-corrected chi connectivity index (χ3v) is 5.88. The minimum atomic E-state index is -0.176. The van der Waals surface area contributed by atoms with Crippen molar-refractivity contribution in [1.82, 2.24) is 4.57 Å². The van der Waals surface area contributed by atoms with Crippen LogP contribution in [-0.2, 0) is 0 Å². The van der Waals surface area contributed by atoms with E-state index < -0.39 is 0 Å². The topological polar surface area (TPSA) is 66.1 Å². The van der Waals surface area contributed by atoms with Gasteiger partial charge in [0.25, 0.3) is 0 Å². The number of ketones is 1. The monoisotopic (exact) mass is 432 g/mol. The van der Waals surface area contributed by atoms with Crippen molar-refractivity contribution in [2.75, 3.05) is 0 Å². The summed E-state index contributed by atoms with van der Waals surface area (Å²) in [5.41, 5.74) is 1.94. The highest BCUT2D eigenvalue weighted by Crippen LogP contribution is 2.12. The number of rotatable bonds is 4. The van der Waals surface area contributed by atoms with Gasteiger partial charge in [-0.15, -0.1) is 11.3 Å². The van der Waals surface area contributed by atoms with E-state index in [4.69, 9.17) is 17.0 Å². The number of hydrogen-bond acceptors (Lipinski definition) is 4. The molecular weight excluding hydrogens is 416 g/mol. The molecule has 0 aliphatic carbocycles. The van der Waals surface area contributed by atoms with E-state index >= 15 is 0 Å². The fourth-order valence-electron chi connectivity index (χ4n) is 3.04. The average Bonchev–Trinajstić information content (AvgIpc) is 3.10. The predicted octanol–water partition coefficient (Wildman–Crippen LogP) is 4.05. The van der Waals surface area contributed by atoms with E-state index in [2.05, 4.69) is 0 Å². The highest BCUT2D eigenvalue weighted by molar-refractivity contribution is 7.07. The summed E-state index contributed by atoms with van der Waals surface area (Å²) in [6, 6.07) is 25.0. The first-order valence-corrected chi connectivity index (χ1v) is 10.4. The first-order chi connectivity index (χ1) is 14.5. The van der Waals surface area contributed by atoms with E-state index in [-0.39, 0.29) is 17.0 Å². The van der Waals surface area contributed by atoms with Crippen molar-refractivity contribution in [3.05, 3.63) is 116 Å². The number of nitrogens with zero attached hydrogens (tertiary/aromatic N) is 1. The van der Waals surface area contributed by atoms with E-state index in [9.17, 15) is 9.90 Å². The predicted molar refractivity (Wildman–Crippen MR) is 121 cm³/mol. The zero-order chi connectivity index (χ0) is 21.1. The first kappa shape index (κ1) is 19.9. The van der Waals surface area contributed by atoms with Crippen LogP contribution in [0.4, 0.5) is 0 Å². The van der Waals surface area contributed by atoms with Crippen LogP contribution in [0.25, 0.3) is 17.5 Å². The lowest BCUT2D eigenvalue weighted by Gasteiger charge is -2.04. The number of benzene rings is 3. The number of halogens is 1. The Balaban J connectivity index is 1.99. The summed E-state index contributed by atoms with van der Waals surface area (Å²) in [4.78, 5) is 12.8. The molecule has 1 heterocycles. The fourth-order valence-corrected chi connectivity index (χ4v) is 4.23. The molecule has 0 saturated carbocycles. The molecule has 0 unspecified atom stereocenters. The Labute approximate surface area is 181 Å². The van der Waals surface area contributed by atoms with Crippen molar-refractivity contribution in [3.8, 4) is 5.69 Å². The molecule has 0 atom stereocenters. The molecule has 0 fully saturated rings. The lowest BCUT2D eigenvalue weighted by atomic mass is 10.1. The Hall–Kier alpha value is -3.41. The fraction of sp³-hybridized carbons (Fsp3) is 0. The second-order valence-corrected chi connectivity index (χ2v) is 7.99. The van der Waals surface area contributed by atoms with Crippen LogP contribution in [0.15, 0.2) is 84.9 Å². The van der Waals surface area contributed by atoms with Crippen molar-refractivity contribution >= 4 is 40.6 Å². The maximum absolute atomic E-state index is 12.8. The summed E-state index contributed by atoms with van der Waals surface area (Å²) in [6.07, 6.45) is 1.49. The minimum Gasteiger partial charge on any atom is -0.506 e. The molecule has 4 aromatic rings. The summed E-state index contributed by atoms with van der Waals surface area (Å²) in [7, 11) is 0. The van der Waals surface area contributed by atoms with Gasteiger partial charge in [-0.05, 0) is 24.3 Å². The summed E-state index contributed by atoms with van der Waals surface area (Å²) >= 11 is 7.21. The van der Waals surface area contributed by atoms with E-state index in [1.54, 1.807) is 65.2 Å². The van der Waals surface area contributed by atoms with Gasteiger partial charge in [-0.2, -0.15) is 0 Å². The highest BCUT2D eigenvalue weighted by atomic mass is 35.5. The molecular formula is C24H17ClN2O2S. The SMILES string of the molecule is N=c1/c(=C(\O)c2ccccc2)s/c(=C/C(=O)c2ccccc2)n1-c1ccc(Cl)cc1. The molecule has 3 aromatic carbocycles. The number of carbonyl (C=O) groups excluding carboxylic acids is 1. The lowest BCUT2D eigenvalue weighted by Crippen LogP contribution is -2.31. The summed E-state index contributed by atoms with van der Waals surface area (Å²) < 4.78 is 2.55. The van der Waals surface area contributed by atoms with E-state index in [1.807, 2.05) is 24.3 Å². The smallest absolute Gasteiger partial charge is 0.188 e. The van der Waals surface area contributed by atoms with E-state index in [0.717, 1.165) is 0 Å². The molecule has 0 bridgehead atoms. The van der Waals surface area contributed by atoms with Crippen molar-refractivity contribution in [2.24, 2.45) is 0 Å². The molecule has 0 spiro atoms. The lowest BCUT2D eigenvalue weighted by molar-refractivity contribution is 0.106. The van der Waals surface area contributed by atoms with Gasteiger partial charge in [0.1, 0.15) is 15.0 Å². The Morgan fingerprint density at radius 1 is 0.900 bits per heavy atom. The van der Waals surface area contributed by atoms with Crippen molar-refractivity contribution in [2.45, 2.75) is 0 Å².